The van der Waals surface area contributed by atoms with Crippen molar-refractivity contribution < 1.29 is 4.42 Å². The number of aryl methyl sites for hydroxylation is 1. The monoisotopic (exact) mass is 217 g/mol. The topological polar surface area (TPSA) is 64.9 Å². The minimum absolute atomic E-state index is 0.240. The van der Waals surface area contributed by atoms with Crippen molar-refractivity contribution in [1.29, 1.82) is 0 Å². The standard InChI is InChI=1S/C12H15N3O/c1-7(2)11-14-15-12(16-11)9-5-4-8(3)10(13)6-9/h4-7H,13H2,1-3H3. The van der Waals surface area contributed by atoms with Crippen molar-refractivity contribution >= 4 is 5.69 Å². The van der Waals surface area contributed by atoms with Crippen LogP contribution in [0, 0.1) is 6.92 Å². The molecule has 0 aliphatic heterocycles. The van der Waals surface area contributed by atoms with Crippen LogP contribution in [0.5, 0.6) is 0 Å². The smallest absolute Gasteiger partial charge is 0.247 e. The zero-order chi connectivity index (χ0) is 11.7. The maximum absolute atomic E-state index is 5.83. The number of benzene rings is 1. The number of hydrogen-bond acceptors (Lipinski definition) is 4. The molecule has 4 heteroatoms. The normalized spacial score (nSPS) is 11.0. The molecule has 0 saturated heterocycles. The van der Waals surface area contributed by atoms with Crippen LogP contribution in [0.3, 0.4) is 0 Å². The van der Waals surface area contributed by atoms with Gasteiger partial charge in [0, 0.05) is 17.2 Å². The van der Waals surface area contributed by atoms with Gasteiger partial charge in [-0.1, -0.05) is 19.9 Å². The van der Waals surface area contributed by atoms with Crippen molar-refractivity contribution in [2.45, 2.75) is 26.7 Å². The molecule has 0 aliphatic rings. The molecule has 1 heterocycles. The molecule has 0 saturated carbocycles. The van der Waals surface area contributed by atoms with Crippen molar-refractivity contribution in [2.24, 2.45) is 0 Å². The minimum atomic E-state index is 0.240. The lowest BCUT2D eigenvalue weighted by atomic mass is 10.1. The van der Waals surface area contributed by atoms with E-state index in [-0.39, 0.29) is 5.92 Å². The first kappa shape index (κ1) is 10.7. The first-order chi connectivity index (χ1) is 7.58. The molecule has 1 aromatic carbocycles. The largest absolute Gasteiger partial charge is 0.420 e. The van der Waals surface area contributed by atoms with Crippen LogP contribution in [0.1, 0.15) is 31.2 Å². The highest BCUT2D eigenvalue weighted by atomic mass is 16.4. The quantitative estimate of drug-likeness (QED) is 0.785. The molecule has 2 N–H and O–H groups in total. The minimum Gasteiger partial charge on any atom is -0.420 e. The molecule has 4 nitrogen and oxygen atoms in total. The second kappa shape index (κ2) is 3.96. The highest BCUT2D eigenvalue weighted by molar-refractivity contribution is 5.62. The molecule has 0 unspecified atom stereocenters. The molecule has 2 rings (SSSR count). The molecule has 1 aromatic heterocycles. The summed E-state index contributed by atoms with van der Waals surface area (Å²) >= 11 is 0. The number of aromatic nitrogens is 2. The molecule has 0 spiro atoms. The SMILES string of the molecule is Cc1ccc(-c2nnc(C(C)C)o2)cc1N. The van der Waals surface area contributed by atoms with E-state index in [9.17, 15) is 0 Å². The van der Waals surface area contributed by atoms with E-state index in [2.05, 4.69) is 10.2 Å². The summed E-state index contributed by atoms with van der Waals surface area (Å²) in [7, 11) is 0. The summed E-state index contributed by atoms with van der Waals surface area (Å²) in [6.45, 7) is 5.99. The maximum Gasteiger partial charge on any atom is 0.247 e. The second-order valence-corrected chi connectivity index (χ2v) is 4.17. The molecule has 0 radical (unpaired) electrons. The third-order valence-electron chi connectivity index (χ3n) is 2.46. The molecular weight excluding hydrogens is 202 g/mol. The van der Waals surface area contributed by atoms with Crippen LogP contribution in [0.15, 0.2) is 22.6 Å². The predicted molar refractivity (Wildman–Crippen MR) is 63.0 cm³/mol. The Balaban J connectivity index is 2.39. The lowest BCUT2D eigenvalue weighted by Gasteiger charge is -2.01. The number of rotatable bonds is 2. The fourth-order valence-corrected chi connectivity index (χ4v) is 1.36. The Morgan fingerprint density at radius 1 is 1.25 bits per heavy atom. The van der Waals surface area contributed by atoms with E-state index in [0.717, 1.165) is 16.8 Å². The molecule has 0 amide bonds. The van der Waals surface area contributed by atoms with Gasteiger partial charge in [0.25, 0.3) is 0 Å². The average Bonchev–Trinajstić information content (AvgIpc) is 2.71. The molecule has 16 heavy (non-hydrogen) atoms. The lowest BCUT2D eigenvalue weighted by Crippen LogP contribution is -1.89. The maximum atomic E-state index is 5.83. The van der Waals surface area contributed by atoms with Gasteiger partial charge in [0.2, 0.25) is 11.8 Å². The van der Waals surface area contributed by atoms with Gasteiger partial charge in [-0.3, -0.25) is 0 Å². The summed E-state index contributed by atoms with van der Waals surface area (Å²) in [4.78, 5) is 0. The fourth-order valence-electron chi connectivity index (χ4n) is 1.36. The average molecular weight is 217 g/mol. The number of nitrogens with two attached hydrogens (primary N) is 1. The van der Waals surface area contributed by atoms with Crippen LogP contribution >= 0.6 is 0 Å². The predicted octanol–water partition coefficient (Wildman–Crippen LogP) is 2.75. The van der Waals surface area contributed by atoms with Gasteiger partial charge in [-0.2, -0.15) is 0 Å². The van der Waals surface area contributed by atoms with Crippen molar-refractivity contribution in [2.75, 3.05) is 5.73 Å². The molecule has 0 aliphatic carbocycles. The van der Waals surface area contributed by atoms with Gasteiger partial charge in [0.15, 0.2) is 0 Å². The van der Waals surface area contributed by atoms with Crippen molar-refractivity contribution in [3.63, 3.8) is 0 Å². The van der Waals surface area contributed by atoms with Crippen LogP contribution < -0.4 is 5.73 Å². The zero-order valence-electron chi connectivity index (χ0n) is 9.69. The summed E-state index contributed by atoms with van der Waals surface area (Å²) in [6.07, 6.45) is 0. The summed E-state index contributed by atoms with van der Waals surface area (Å²) in [5.41, 5.74) is 8.48. The van der Waals surface area contributed by atoms with Crippen LogP contribution in [0.25, 0.3) is 11.5 Å². The van der Waals surface area contributed by atoms with Crippen LogP contribution in [0.2, 0.25) is 0 Å². The van der Waals surface area contributed by atoms with Crippen LogP contribution in [0.4, 0.5) is 5.69 Å². The third kappa shape index (κ3) is 1.91. The zero-order valence-corrected chi connectivity index (χ0v) is 9.69. The highest BCUT2D eigenvalue weighted by Gasteiger charge is 2.11. The van der Waals surface area contributed by atoms with E-state index in [0.29, 0.717) is 11.8 Å². The van der Waals surface area contributed by atoms with E-state index >= 15 is 0 Å². The van der Waals surface area contributed by atoms with Gasteiger partial charge in [-0.25, -0.2) is 0 Å². The Morgan fingerprint density at radius 2 is 2.00 bits per heavy atom. The fraction of sp³-hybridized carbons (Fsp3) is 0.333. The van der Waals surface area contributed by atoms with Crippen molar-refractivity contribution in [1.82, 2.24) is 10.2 Å². The molecule has 0 bridgehead atoms. The summed E-state index contributed by atoms with van der Waals surface area (Å²) in [5.74, 6) is 1.41. The Kier molecular flexibility index (Phi) is 2.64. The summed E-state index contributed by atoms with van der Waals surface area (Å²) < 4.78 is 5.55. The van der Waals surface area contributed by atoms with E-state index in [4.69, 9.17) is 10.2 Å². The van der Waals surface area contributed by atoms with Crippen LogP contribution in [-0.2, 0) is 0 Å². The van der Waals surface area contributed by atoms with Gasteiger partial charge >= 0.3 is 0 Å². The van der Waals surface area contributed by atoms with Gasteiger partial charge < -0.3 is 10.2 Å². The van der Waals surface area contributed by atoms with E-state index < -0.39 is 0 Å². The van der Waals surface area contributed by atoms with E-state index in [1.165, 1.54) is 0 Å². The third-order valence-corrected chi connectivity index (χ3v) is 2.46. The highest BCUT2D eigenvalue weighted by Crippen LogP contribution is 2.24. The number of nitrogens with zero attached hydrogens (tertiary/aromatic N) is 2. The number of anilines is 1. The van der Waals surface area contributed by atoms with E-state index in [1.807, 2.05) is 39.0 Å². The second-order valence-electron chi connectivity index (χ2n) is 4.17. The summed E-state index contributed by atoms with van der Waals surface area (Å²) in [6, 6.07) is 5.74. The van der Waals surface area contributed by atoms with Crippen LogP contribution in [-0.4, -0.2) is 10.2 Å². The Morgan fingerprint density at radius 3 is 2.56 bits per heavy atom. The summed E-state index contributed by atoms with van der Waals surface area (Å²) in [5, 5.41) is 7.99. The molecule has 0 fully saturated rings. The molecular formula is C12H15N3O. The van der Waals surface area contributed by atoms with Gasteiger partial charge in [0.05, 0.1) is 0 Å². The lowest BCUT2D eigenvalue weighted by molar-refractivity contribution is 0.481. The Hall–Kier alpha value is -1.84. The molecule has 0 atom stereocenters. The first-order valence-corrected chi connectivity index (χ1v) is 5.28. The number of hydrogen-bond donors (Lipinski definition) is 1. The molecule has 2 aromatic rings. The van der Waals surface area contributed by atoms with Gasteiger partial charge in [-0.05, 0) is 24.6 Å². The molecule has 84 valence electrons. The number of nitrogen functional groups attached to an aromatic ring is 1. The van der Waals surface area contributed by atoms with Gasteiger partial charge in [0.1, 0.15) is 0 Å². The van der Waals surface area contributed by atoms with Crippen molar-refractivity contribution in [3.05, 3.63) is 29.7 Å². The van der Waals surface area contributed by atoms with E-state index in [1.54, 1.807) is 0 Å². The van der Waals surface area contributed by atoms with Crippen molar-refractivity contribution in [3.8, 4) is 11.5 Å². The Bertz CT molecular complexity index is 503. The van der Waals surface area contributed by atoms with Gasteiger partial charge in [-0.15, -0.1) is 10.2 Å². The Labute approximate surface area is 94.5 Å². The first-order valence-electron chi connectivity index (χ1n) is 5.28.